The van der Waals surface area contributed by atoms with Crippen molar-refractivity contribution in [3.05, 3.63) is 92.1 Å². The number of hydrogen-bond donors (Lipinski definition) is 1. The SMILES string of the molecule is Cc1ccc(NC(=O)CSc2nc3ccccc3c(=O)n2-c2ccc(Cl)cc2)c(Br)c1. The van der Waals surface area contributed by atoms with Crippen LogP contribution in [0.15, 0.2) is 81.2 Å². The van der Waals surface area contributed by atoms with E-state index in [0.29, 0.717) is 32.5 Å². The summed E-state index contributed by atoms with van der Waals surface area (Å²) >= 11 is 10.7. The number of rotatable bonds is 5. The minimum Gasteiger partial charge on any atom is -0.324 e. The lowest BCUT2D eigenvalue weighted by atomic mass is 10.2. The highest BCUT2D eigenvalue weighted by atomic mass is 79.9. The Morgan fingerprint density at radius 3 is 2.61 bits per heavy atom. The molecule has 0 saturated carbocycles. The zero-order valence-electron chi connectivity index (χ0n) is 16.4. The highest BCUT2D eigenvalue weighted by Gasteiger charge is 2.15. The summed E-state index contributed by atoms with van der Waals surface area (Å²) in [6.07, 6.45) is 0. The molecule has 0 unspecified atom stereocenters. The van der Waals surface area contributed by atoms with E-state index in [0.717, 1.165) is 10.0 Å². The second-order valence-electron chi connectivity index (χ2n) is 6.85. The summed E-state index contributed by atoms with van der Waals surface area (Å²) in [7, 11) is 0. The Morgan fingerprint density at radius 2 is 1.87 bits per heavy atom. The molecule has 0 aliphatic rings. The first-order valence-electron chi connectivity index (χ1n) is 9.39. The molecule has 31 heavy (non-hydrogen) atoms. The molecular weight excluding hydrogens is 498 g/mol. The first kappa shape index (κ1) is 21.6. The summed E-state index contributed by atoms with van der Waals surface area (Å²) in [4.78, 5) is 30.4. The summed E-state index contributed by atoms with van der Waals surface area (Å²) < 4.78 is 2.33. The van der Waals surface area contributed by atoms with Crippen LogP contribution in [0.1, 0.15) is 5.56 Å². The molecular formula is C23H17BrClN3O2S. The fourth-order valence-corrected chi connectivity index (χ4v) is 4.60. The molecule has 0 saturated heterocycles. The van der Waals surface area contributed by atoms with Crippen LogP contribution in [-0.4, -0.2) is 21.2 Å². The molecule has 4 rings (SSSR count). The zero-order chi connectivity index (χ0) is 22.0. The number of hydrogen-bond acceptors (Lipinski definition) is 4. The summed E-state index contributed by atoms with van der Waals surface area (Å²) in [5.41, 5.74) is 2.81. The standard InChI is InChI=1S/C23H17BrClN3O2S/c1-14-6-11-20(18(24)12-14)26-21(29)13-31-23-27-19-5-3-2-4-17(19)22(30)28(23)16-9-7-15(25)8-10-16/h2-12H,13H2,1H3,(H,26,29). The maximum Gasteiger partial charge on any atom is 0.266 e. The summed E-state index contributed by atoms with van der Waals surface area (Å²) in [5, 5.41) is 4.40. The van der Waals surface area contributed by atoms with Crippen molar-refractivity contribution >= 4 is 61.8 Å². The van der Waals surface area contributed by atoms with Gasteiger partial charge in [0.25, 0.3) is 5.56 Å². The molecule has 3 aromatic carbocycles. The van der Waals surface area contributed by atoms with Gasteiger partial charge < -0.3 is 5.32 Å². The minimum atomic E-state index is -0.197. The molecule has 1 amide bonds. The molecule has 8 heteroatoms. The van der Waals surface area contributed by atoms with E-state index >= 15 is 0 Å². The van der Waals surface area contributed by atoms with Crippen molar-refractivity contribution in [3.8, 4) is 5.69 Å². The summed E-state index contributed by atoms with van der Waals surface area (Å²) in [5.74, 6) is -0.0989. The molecule has 1 N–H and O–H groups in total. The number of amides is 1. The smallest absolute Gasteiger partial charge is 0.266 e. The van der Waals surface area contributed by atoms with Crippen molar-refractivity contribution in [2.45, 2.75) is 12.1 Å². The molecule has 0 atom stereocenters. The number of anilines is 1. The first-order valence-corrected chi connectivity index (χ1v) is 11.5. The number of para-hydroxylation sites is 1. The number of aromatic nitrogens is 2. The number of aryl methyl sites for hydroxylation is 1. The zero-order valence-corrected chi connectivity index (χ0v) is 19.6. The van der Waals surface area contributed by atoms with Crippen LogP contribution in [0.4, 0.5) is 5.69 Å². The molecule has 4 aromatic rings. The molecule has 0 fully saturated rings. The number of thioether (sulfide) groups is 1. The quantitative estimate of drug-likeness (QED) is 0.268. The van der Waals surface area contributed by atoms with Crippen molar-refractivity contribution in [2.75, 3.05) is 11.1 Å². The molecule has 1 aromatic heterocycles. The van der Waals surface area contributed by atoms with Gasteiger partial charge in [-0.05, 0) is 76.9 Å². The monoisotopic (exact) mass is 513 g/mol. The second kappa shape index (κ2) is 9.26. The van der Waals surface area contributed by atoms with Crippen LogP contribution in [0, 0.1) is 6.92 Å². The van der Waals surface area contributed by atoms with Crippen LogP contribution in [0.5, 0.6) is 0 Å². The van der Waals surface area contributed by atoms with Gasteiger partial charge in [-0.15, -0.1) is 0 Å². The first-order chi connectivity index (χ1) is 14.9. The van der Waals surface area contributed by atoms with Gasteiger partial charge in [0.2, 0.25) is 5.91 Å². The highest BCUT2D eigenvalue weighted by molar-refractivity contribution is 9.10. The lowest BCUT2D eigenvalue weighted by molar-refractivity contribution is -0.113. The van der Waals surface area contributed by atoms with Gasteiger partial charge in [0, 0.05) is 9.50 Å². The van der Waals surface area contributed by atoms with Crippen LogP contribution in [0.3, 0.4) is 0 Å². The Balaban J connectivity index is 1.66. The number of nitrogens with one attached hydrogen (secondary N) is 1. The van der Waals surface area contributed by atoms with E-state index < -0.39 is 0 Å². The van der Waals surface area contributed by atoms with Gasteiger partial charge in [-0.3, -0.25) is 14.2 Å². The van der Waals surface area contributed by atoms with Crippen LogP contribution >= 0.6 is 39.3 Å². The van der Waals surface area contributed by atoms with Crippen LogP contribution in [0.2, 0.25) is 5.02 Å². The number of nitrogens with zero attached hydrogens (tertiary/aromatic N) is 2. The highest BCUT2D eigenvalue weighted by Crippen LogP contribution is 2.25. The molecule has 1 heterocycles. The van der Waals surface area contributed by atoms with Crippen LogP contribution in [-0.2, 0) is 4.79 Å². The Labute approximate surface area is 196 Å². The van der Waals surface area contributed by atoms with Crippen molar-refractivity contribution in [1.29, 1.82) is 0 Å². The molecule has 156 valence electrons. The van der Waals surface area contributed by atoms with Gasteiger partial charge in [-0.25, -0.2) is 4.98 Å². The summed E-state index contributed by atoms with van der Waals surface area (Å²) in [6.45, 7) is 1.98. The Morgan fingerprint density at radius 1 is 1.13 bits per heavy atom. The van der Waals surface area contributed by atoms with E-state index in [4.69, 9.17) is 11.6 Å². The Kier molecular flexibility index (Phi) is 6.46. The van der Waals surface area contributed by atoms with E-state index in [-0.39, 0.29) is 17.2 Å². The van der Waals surface area contributed by atoms with Gasteiger partial charge in [-0.2, -0.15) is 0 Å². The number of carbonyl (C=O) groups excluding carboxylic acids is 1. The number of benzene rings is 3. The van der Waals surface area contributed by atoms with Gasteiger partial charge in [0.1, 0.15) is 0 Å². The lowest BCUT2D eigenvalue weighted by Gasteiger charge is -2.13. The fourth-order valence-electron chi connectivity index (χ4n) is 3.06. The number of halogens is 2. The molecule has 0 aliphatic heterocycles. The van der Waals surface area contributed by atoms with Gasteiger partial charge in [0.05, 0.1) is 28.0 Å². The van der Waals surface area contributed by atoms with Gasteiger partial charge in [0.15, 0.2) is 5.16 Å². The average molecular weight is 515 g/mol. The number of fused-ring (bicyclic) bond motifs is 1. The second-order valence-corrected chi connectivity index (χ2v) is 9.08. The van der Waals surface area contributed by atoms with Gasteiger partial charge in [-0.1, -0.05) is 41.6 Å². The third-order valence-electron chi connectivity index (χ3n) is 4.56. The fraction of sp³-hybridized carbons (Fsp3) is 0.0870. The molecule has 0 aliphatic carbocycles. The predicted molar refractivity (Wildman–Crippen MR) is 131 cm³/mol. The van der Waals surface area contributed by atoms with E-state index in [1.165, 1.54) is 16.3 Å². The third kappa shape index (κ3) is 4.84. The average Bonchev–Trinajstić information content (AvgIpc) is 2.75. The largest absolute Gasteiger partial charge is 0.324 e. The molecule has 0 radical (unpaired) electrons. The van der Waals surface area contributed by atoms with Crippen molar-refractivity contribution < 1.29 is 4.79 Å². The van der Waals surface area contributed by atoms with E-state index in [2.05, 4.69) is 26.2 Å². The topological polar surface area (TPSA) is 64.0 Å². The normalized spacial score (nSPS) is 10.9. The summed E-state index contributed by atoms with van der Waals surface area (Å²) in [6, 6.07) is 19.8. The van der Waals surface area contributed by atoms with E-state index in [1.807, 2.05) is 31.2 Å². The molecule has 5 nitrogen and oxygen atoms in total. The minimum absolute atomic E-state index is 0.0959. The van der Waals surface area contributed by atoms with Gasteiger partial charge >= 0.3 is 0 Å². The molecule has 0 spiro atoms. The predicted octanol–water partition coefficient (Wildman–Crippen LogP) is 5.84. The maximum atomic E-state index is 13.2. The maximum absolute atomic E-state index is 13.2. The lowest BCUT2D eigenvalue weighted by Crippen LogP contribution is -2.23. The Hall–Kier alpha value is -2.61. The van der Waals surface area contributed by atoms with Crippen LogP contribution < -0.4 is 10.9 Å². The van der Waals surface area contributed by atoms with Crippen molar-refractivity contribution in [1.82, 2.24) is 9.55 Å². The van der Waals surface area contributed by atoms with E-state index in [9.17, 15) is 9.59 Å². The van der Waals surface area contributed by atoms with Crippen molar-refractivity contribution in [2.24, 2.45) is 0 Å². The van der Waals surface area contributed by atoms with E-state index in [1.54, 1.807) is 42.5 Å². The molecule has 0 bridgehead atoms. The van der Waals surface area contributed by atoms with Crippen molar-refractivity contribution in [3.63, 3.8) is 0 Å². The number of carbonyl (C=O) groups is 1. The van der Waals surface area contributed by atoms with Crippen LogP contribution in [0.25, 0.3) is 16.6 Å². The third-order valence-corrected chi connectivity index (χ3v) is 6.41. The Bertz CT molecular complexity index is 1340.